The van der Waals surface area contributed by atoms with Gasteiger partial charge in [-0.05, 0) is 43.2 Å². The van der Waals surface area contributed by atoms with Gasteiger partial charge in [-0.3, -0.25) is 4.79 Å². The third-order valence-electron chi connectivity index (χ3n) is 4.43. The molecule has 0 unspecified atom stereocenters. The molecular formula is C21H28N2O5S. The molecule has 0 radical (unpaired) electrons. The van der Waals surface area contributed by atoms with Gasteiger partial charge in [0.15, 0.2) is 17.3 Å². The van der Waals surface area contributed by atoms with E-state index in [0.29, 0.717) is 29.4 Å². The van der Waals surface area contributed by atoms with Gasteiger partial charge in [-0.1, -0.05) is 18.2 Å². The number of carbonyl (C=O) groups is 1. The molecule has 0 aromatic heterocycles. The molecule has 3 N–H and O–H groups in total. The third-order valence-corrected chi connectivity index (χ3v) is 5.37. The second-order valence-corrected chi connectivity index (χ2v) is 8.99. The molecule has 158 valence electrons. The van der Waals surface area contributed by atoms with E-state index in [9.17, 15) is 13.2 Å². The second-order valence-electron chi connectivity index (χ2n) is 6.81. The standard InChI is InChI=1S/C21H28N2O5S/c1-5-28-20-11-15(9-10-19(20)27-3)18(13-29(4,25)26)23-12-16-7-6-8-17(22)21(16)14(2)24/h6-11,18,23H,5,12-13,22H2,1-4H3/t18-/m1/s1. The molecule has 0 saturated carbocycles. The Kier molecular flexibility index (Phi) is 7.64. The SMILES string of the molecule is CCOc1cc([C@@H](CS(C)(=O)=O)NCc2cccc(N)c2C(C)=O)ccc1OC. The van der Waals surface area contributed by atoms with Gasteiger partial charge in [0.2, 0.25) is 0 Å². The molecule has 7 nitrogen and oxygen atoms in total. The number of ketones is 1. The van der Waals surface area contributed by atoms with Crippen LogP contribution in [-0.4, -0.2) is 39.9 Å². The average molecular weight is 421 g/mol. The summed E-state index contributed by atoms with van der Waals surface area (Å²) >= 11 is 0. The molecule has 0 amide bonds. The fourth-order valence-electron chi connectivity index (χ4n) is 3.18. The van der Waals surface area contributed by atoms with Crippen LogP contribution in [0.15, 0.2) is 36.4 Å². The number of Topliss-reactive ketones (excluding diaryl/α,β-unsaturated/α-hetero) is 1. The van der Waals surface area contributed by atoms with E-state index < -0.39 is 15.9 Å². The Hall–Kier alpha value is -2.58. The normalized spacial score (nSPS) is 12.4. The number of ether oxygens (including phenoxy) is 2. The highest BCUT2D eigenvalue weighted by molar-refractivity contribution is 7.90. The van der Waals surface area contributed by atoms with Crippen molar-refractivity contribution in [2.75, 3.05) is 31.5 Å². The molecule has 0 aliphatic carbocycles. The van der Waals surface area contributed by atoms with Crippen LogP contribution in [0.3, 0.4) is 0 Å². The Morgan fingerprint density at radius 1 is 1.21 bits per heavy atom. The van der Waals surface area contributed by atoms with Crippen LogP contribution in [0.1, 0.15) is 41.4 Å². The fraction of sp³-hybridized carbons (Fsp3) is 0.381. The maximum Gasteiger partial charge on any atom is 0.162 e. The molecule has 0 fully saturated rings. The molecular weight excluding hydrogens is 392 g/mol. The van der Waals surface area contributed by atoms with Gasteiger partial charge in [0, 0.05) is 30.1 Å². The maximum atomic E-state index is 12.0. The topological polar surface area (TPSA) is 108 Å². The van der Waals surface area contributed by atoms with Gasteiger partial charge in [-0.2, -0.15) is 0 Å². The molecule has 29 heavy (non-hydrogen) atoms. The van der Waals surface area contributed by atoms with Gasteiger partial charge < -0.3 is 20.5 Å². The van der Waals surface area contributed by atoms with Crippen molar-refractivity contribution in [2.24, 2.45) is 0 Å². The van der Waals surface area contributed by atoms with E-state index in [1.54, 1.807) is 43.5 Å². The molecule has 0 aliphatic heterocycles. The van der Waals surface area contributed by atoms with Gasteiger partial charge in [-0.15, -0.1) is 0 Å². The van der Waals surface area contributed by atoms with Crippen molar-refractivity contribution >= 4 is 21.3 Å². The van der Waals surface area contributed by atoms with Crippen LogP contribution in [0.4, 0.5) is 5.69 Å². The molecule has 2 aromatic rings. The van der Waals surface area contributed by atoms with Crippen LogP contribution in [0.5, 0.6) is 11.5 Å². The number of nitrogen functional groups attached to an aromatic ring is 1. The highest BCUT2D eigenvalue weighted by Gasteiger charge is 2.20. The number of methoxy groups -OCH3 is 1. The summed E-state index contributed by atoms with van der Waals surface area (Å²) in [4.78, 5) is 12.0. The van der Waals surface area contributed by atoms with Crippen molar-refractivity contribution in [3.05, 3.63) is 53.1 Å². The quantitative estimate of drug-likeness (QED) is 0.449. The Balaban J connectivity index is 2.37. The van der Waals surface area contributed by atoms with Crippen LogP contribution < -0.4 is 20.5 Å². The van der Waals surface area contributed by atoms with Crippen molar-refractivity contribution in [3.63, 3.8) is 0 Å². The van der Waals surface area contributed by atoms with Gasteiger partial charge in [0.25, 0.3) is 0 Å². The van der Waals surface area contributed by atoms with Gasteiger partial charge in [-0.25, -0.2) is 8.42 Å². The maximum absolute atomic E-state index is 12.0. The largest absolute Gasteiger partial charge is 0.493 e. The van der Waals surface area contributed by atoms with Crippen LogP contribution in [0, 0.1) is 0 Å². The smallest absolute Gasteiger partial charge is 0.162 e. The molecule has 0 heterocycles. The summed E-state index contributed by atoms with van der Waals surface area (Å²) in [5.74, 6) is 0.870. The highest BCUT2D eigenvalue weighted by atomic mass is 32.2. The second kappa shape index (κ2) is 9.76. The van der Waals surface area contributed by atoms with E-state index in [0.717, 1.165) is 11.1 Å². The zero-order valence-electron chi connectivity index (χ0n) is 17.2. The number of anilines is 1. The summed E-state index contributed by atoms with van der Waals surface area (Å²) in [6.07, 6.45) is 1.19. The van der Waals surface area contributed by atoms with Crippen molar-refractivity contribution < 1.29 is 22.7 Å². The van der Waals surface area contributed by atoms with E-state index >= 15 is 0 Å². The first kappa shape index (κ1) is 22.7. The Morgan fingerprint density at radius 3 is 2.52 bits per heavy atom. The van der Waals surface area contributed by atoms with E-state index in [1.165, 1.54) is 13.2 Å². The van der Waals surface area contributed by atoms with Crippen molar-refractivity contribution in [3.8, 4) is 11.5 Å². The molecule has 1 atom stereocenters. The first-order valence-corrected chi connectivity index (χ1v) is 11.3. The summed E-state index contributed by atoms with van der Waals surface area (Å²) in [6.45, 7) is 4.06. The number of rotatable bonds is 10. The summed E-state index contributed by atoms with van der Waals surface area (Å²) in [6, 6.07) is 10.1. The van der Waals surface area contributed by atoms with Crippen LogP contribution in [0.25, 0.3) is 0 Å². The van der Waals surface area contributed by atoms with Crippen molar-refractivity contribution in [1.82, 2.24) is 5.32 Å². The first-order chi connectivity index (χ1) is 13.7. The van der Waals surface area contributed by atoms with Crippen LogP contribution in [-0.2, 0) is 16.4 Å². The molecule has 0 bridgehead atoms. The van der Waals surface area contributed by atoms with Crippen LogP contribution >= 0.6 is 0 Å². The number of sulfone groups is 1. The minimum Gasteiger partial charge on any atom is -0.493 e. The molecule has 2 aromatic carbocycles. The number of carbonyl (C=O) groups excluding carboxylic acids is 1. The molecule has 0 aliphatic rings. The van der Waals surface area contributed by atoms with E-state index in [2.05, 4.69) is 5.32 Å². The van der Waals surface area contributed by atoms with Gasteiger partial charge in [0.1, 0.15) is 9.84 Å². The molecule has 0 spiro atoms. The lowest BCUT2D eigenvalue weighted by Crippen LogP contribution is -2.28. The fourth-order valence-corrected chi connectivity index (χ4v) is 4.10. The van der Waals surface area contributed by atoms with Crippen molar-refractivity contribution in [2.45, 2.75) is 26.4 Å². The lowest BCUT2D eigenvalue weighted by Gasteiger charge is -2.21. The minimum atomic E-state index is -3.28. The Labute approximate surface area is 172 Å². The summed E-state index contributed by atoms with van der Waals surface area (Å²) in [7, 11) is -1.73. The number of hydrogen-bond acceptors (Lipinski definition) is 7. The molecule has 0 saturated heterocycles. The monoisotopic (exact) mass is 420 g/mol. The van der Waals surface area contributed by atoms with Gasteiger partial charge >= 0.3 is 0 Å². The number of nitrogens with two attached hydrogens (primary N) is 1. The zero-order chi connectivity index (χ0) is 21.6. The number of benzene rings is 2. The molecule has 8 heteroatoms. The van der Waals surface area contributed by atoms with Crippen molar-refractivity contribution in [1.29, 1.82) is 0 Å². The van der Waals surface area contributed by atoms with Gasteiger partial charge in [0.05, 0.1) is 19.5 Å². The predicted molar refractivity (Wildman–Crippen MR) is 114 cm³/mol. The van der Waals surface area contributed by atoms with E-state index in [4.69, 9.17) is 15.2 Å². The summed E-state index contributed by atoms with van der Waals surface area (Å²) < 4.78 is 35.0. The average Bonchev–Trinajstić information content (AvgIpc) is 2.64. The Morgan fingerprint density at radius 2 is 1.93 bits per heavy atom. The minimum absolute atomic E-state index is 0.109. The van der Waals surface area contributed by atoms with E-state index in [-0.39, 0.29) is 18.1 Å². The lowest BCUT2D eigenvalue weighted by atomic mass is 10.0. The Bertz CT molecular complexity index is 973. The summed E-state index contributed by atoms with van der Waals surface area (Å²) in [5, 5.41) is 3.25. The summed E-state index contributed by atoms with van der Waals surface area (Å²) in [5.41, 5.74) is 8.26. The zero-order valence-corrected chi connectivity index (χ0v) is 18.0. The lowest BCUT2D eigenvalue weighted by molar-refractivity contribution is 0.101. The predicted octanol–water partition coefficient (Wildman–Crippen LogP) is 2.75. The van der Waals surface area contributed by atoms with E-state index in [1.807, 2.05) is 6.92 Å². The first-order valence-electron chi connectivity index (χ1n) is 9.26. The highest BCUT2D eigenvalue weighted by Crippen LogP contribution is 2.31. The number of nitrogens with one attached hydrogen (secondary N) is 1. The molecule has 2 rings (SSSR count). The third kappa shape index (κ3) is 6.20. The van der Waals surface area contributed by atoms with Crippen LogP contribution in [0.2, 0.25) is 0 Å². The number of hydrogen-bond donors (Lipinski definition) is 2.